The number of hydrogen-bond donors (Lipinski definition) is 2. The molecule has 0 unspecified atom stereocenters. The second-order valence-corrected chi connectivity index (χ2v) is 6.31. The highest BCUT2D eigenvalue weighted by Gasteiger charge is 2.16. The van der Waals surface area contributed by atoms with Gasteiger partial charge in [-0.1, -0.05) is 23.7 Å². The lowest BCUT2D eigenvalue weighted by Gasteiger charge is -2.27. The second-order valence-electron chi connectivity index (χ2n) is 5.87. The van der Waals surface area contributed by atoms with E-state index in [-0.39, 0.29) is 5.95 Å². The van der Waals surface area contributed by atoms with Gasteiger partial charge in [-0.2, -0.15) is 0 Å². The topological polar surface area (TPSA) is 80.1 Å². The third-order valence-electron chi connectivity index (χ3n) is 4.24. The van der Waals surface area contributed by atoms with E-state index in [1.807, 2.05) is 30.5 Å². The third kappa shape index (κ3) is 3.31. The Hall–Kier alpha value is -2.57. The Labute approximate surface area is 150 Å². The maximum atomic E-state index is 6.14. The molecular formula is C18H18ClN5O. The molecule has 128 valence electrons. The number of anilines is 2. The van der Waals surface area contributed by atoms with E-state index < -0.39 is 0 Å². The summed E-state index contributed by atoms with van der Waals surface area (Å²) in [7, 11) is 0. The smallest absolute Gasteiger partial charge is 0.220 e. The minimum absolute atomic E-state index is 0.245. The van der Waals surface area contributed by atoms with E-state index >= 15 is 0 Å². The largest absolute Gasteiger partial charge is 0.378 e. The zero-order valence-electron chi connectivity index (χ0n) is 13.6. The summed E-state index contributed by atoms with van der Waals surface area (Å²) in [6, 6.07) is 9.72. The fourth-order valence-electron chi connectivity index (χ4n) is 2.99. The van der Waals surface area contributed by atoms with Crippen molar-refractivity contribution >= 4 is 23.4 Å². The van der Waals surface area contributed by atoms with E-state index in [0.29, 0.717) is 5.02 Å². The Bertz CT molecular complexity index is 889. The number of rotatable bonds is 3. The monoisotopic (exact) mass is 355 g/mol. The molecule has 6 nitrogen and oxygen atoms in total. The van der Waals surface area contributed by atoms with Gasteiger partial charge in [-0.05, 0) is 23.8 Å². The first kappa shape index (κ1) is 15.9. The quantitative estimate of drug-likeness (QED) is 0.754. The van der Waals surface area contributed by atoms with Gasteiger partial charge in [0.15, 0.2) is 0 Å². The molecule has 0 atom stereocenters. The van der Waals surface area contributed by atoms with Crippen molar-refractivity contribution in [2.75, 3.05) is 36.9 Å². The summed E-state index contributed by atoms with van der Waals surface area (Å²) in [5.74, 6) is 1.29. The molecule has 25 heavy (non-hydrogen) atoms. The van der Waals surface area contributed by atoms with Gasteiger partial charge < -0.3 is 20.4 Å². The molecule has 7 heteroatoms. The maximum absolute atomic E-state index is 6.14. The molecule has 1 saturated heterocycles. The highest BCUT2D eigenvalue weighted by Crippen LogP contribution is 2.33. The standard InChI is InChI=1S/C18H18ClN5O/c19-14-3-1-2-12(8-14)15-11-22-18(20)23-17(15)13-9-16(21-10-13)24-4-6-25-7-5-24/h1-3,8-11,21H,4-7H2,(H2,20,22,23). The van der Waals surface area contributed by atoms with E-state index in [2.05, 4.69) is 25.9 Å². The summed E-state index contributed by atoms with van der Waals surface area (Å²) in [5.41, 5.74) is 9.43. The number of halogens is 1. The van der Waals surface area contributed by atoms with Gasteiger partial charge in [-0.15, -0.1) is 0 Å². The Morgan fingerprint density at radius 2 is 2.00 bits per heavy atom. The van der Waals surface area contributed by atoms with Crippen LogP contribution in [0, 0.1) is 0 Å². The number of nitrogen functional groups attached to an aromatic ring is 1. The third-order valence-corrected chi connectivity index (χ3v) is 4.47. The van der Waals surface area contributed by atoms with Crippen LogP contribution in [0.3, 0.4) is 0 Å². The van der Waals surface area contributed by atoms with Crippen LogP contribution in [0.5, 0.6) is 0 Å². The van der Waals surface area contributed by atoms with E-state index in [1.54, 1.807) is 6.20 Å². The average molecular weight is 356 g/mol. The molecule has 1 aromatic carbocycles. The zero-order chi connectivity index (χ0) is 17.2. The number of aromatic nitrogens is 3. The van der Waals surface area contributed by atoms with Crippen LogP contribution in [-0.2, 0) is 4.74 Å². The van der Waals surface area contributed by atoms with Gasteiger partial charge in [0, 0.05) is 41.6 Å². The summed E-state index contributed by atoms with van der Waals surface area (Å²) in [6.45, 7) is 3.21. The first-order chi connectivity index (χ1) is 12.2. The van der Waals surface area contributed by atoms with E-state index in [0.717, 1.165) is 54.5 Å². The molecule has 2 aromatic heterocycles. The Kier molecular flexibility index (Phi) is 4.29. The predicted octanol–water partition coefficient (Wildman–Crippen LogP) is 3.21. The second kappa shape index (κ2) is 6.74. The molecule has 3 aromatic rings. The van der Waals surface area contributed by atoms with Gasteiger partial charge in [-0.3, -0.25) is 0 Å². The number of nitrogens with one attached hydrogen (secondary N) is 1. The van der Waals surface area contributed by atoms with E-state index in [4.69, 9.17) is 22.1 Å². The van der Waals surface area contributed by atoms with Gasteiger partial charge in [0.25, 0.3) is 0 Å². The van der Waals surface area contributed by atoms with Crippen molar-refractivity contribution in [2.24, 2.45) is 0 Å². The van der Waals surface area contributed by atoms with Gasteiger partial charge in [0.05, 0.1) is 18.9 Å². The highest BCUT2D eigenvalue weighted by molar-refractivity contribution is 6.30. The number of ether oxygens (including phenoxy) is 1. The number of morpholine rings is 1. The lowest BCUT2D eigenvalue weighted by Crippen LogP contribution is -2.36. The van der Waals surface area contributed by atoms with Crippen LogP contribution < -0.4 is 10.6 Å². The molecule has 3 heterocycles. The van der Waals surface area contributed by atoms with Crippen molar-refractivity contribution in [1.82, 2.24) is 15.0 Å². The number of benzene rings is 1. The molecule has 0 radical (unpaired) electrons. The lowest BCUT2D eigenvalue weighted by atomic mass is 10.0. The first-order valence-electron chi connectivity index (χ1n) is 8.10. The fraction of sp³-hybridized carbons (Fsp3) is 0.222. The van der Waals surface area contributed by atoms with Crippen LogP contribution in [0.15, 0.2) is 42.7 Å². The summed E-state index contributed by atoms with van der Waals surface area (Å²) < 4.78 is 5.41. The fourth-order valence-corrected chi connectivity index (χ4v) is 3.18. The van der Waals surface area contributed by atoms with Gasteiger partial charge in [0.1, 0.15) is 5.82 Å². The Morgan fingerprint density at radius 3 is 2.80 bits per heavy atom. The first-order valence-corrected chi connectivity index (χ1v) is 8.48. The number of nitrogens with two attached hydrogens (primary N) is 1. The molecule has 1 aliphatic heterocycles. The molecule has 0 saturated carbocycles. The van der Waals surface area contributed by atoms with Crippen LogP contribution in [0.1, 0.15) is 0 Å². The number of hydrogen-bond acceptors (Lipinski definition) is 5. The predicted molar refractivity (Wildman–Crippen MR) is 99.7 cm³/mol. The molecule has 4 rings (SSSR count). The molecule has 1 aliphatic rings. The average Bonchev–Trinajstić information content (AvgIpc) is 3.12. The Morgan fingerprint density at radius 1 is 1.16 bits per heavy atom. The van der Waals surface area contributed by atoms with Crippen LogP contribution >= 0.6 is 11.6 Å². The molecule has 0 amide bonds. The van der Waals surface area contributed by atoms with Crippen molar-refractivity contribution < 1.29 is 4.74 Å². The highest BCUT2D eigenvalue weighted by atomic mass is 35.5. The van der Waals surface area contributed by atoms with Crippen LogP contribution in [0.25, 0.3) is 22.4 Å². The van der Waals surface area contributed by atoms with Crippen molar-refractivity contribution in [3.05, 3.63) is 47.7 Å². The number of aromatic amines is 1. The lowest BCUT2D eigenvalue weighted by molar-refractivity contribution is 0.122. The summed E-state index contributed by atoms with van der Waals surface area (Å²) >= 11 is 6.14. The van der Waals surface area contributed by atoms with Crippen LogP contribution in [0.4, 0.5) is 11.8 Å². The summed E-state index contributed by atoms with van der Waals surface area (Å²) in [4.78, 5) is 14.2. The van der Waals surface area contributed by atoms with Crippen LogP contribution in [0.2, 0.25) is 5.02 Å². The molecule has 0 bridgehead atoms. The Balaban J connectivity index is 1.75. The van der Waals surface area contributed by atoms with Crippen molar-refractivity contribution in [3.63, 3.8) is 0 Å². The normalized spacial score (nSPS) is 14.7. The summed E-state index contributed by atoms with van der Waals surface area (Å²) in [6.07, 6.45) is 3.69. The number of H-pyrrole nitrogens is 1. The molecule has 3 N–H and O–H groups in total. The van der Waals surface area contributed by atoms with Gasteiger partial charge in [-0.25, -0.2) is 9.97 Å². The van der Waals surface area contributed by atoms with E-state index in [9.17, 15) is 0 Å². The minimum atomic E-state index is 0.245. The number of nitrogens with zero attached hydrogens (tertiary/aromatic N) is 3. The van der Waals surface area contributed by atoms with Crippen LogP contribution in [-0.4, -0.2) is 41.3 Å². The van der Waals surface area contributed by atoms with Crippen molar-refractivity contribution in [3.8, 4) is 22.4 Å². The summed E-state index contributed by atoms with van der Waals surface area (Å²) in [5, 5.41) is 0.670. The SMILES string of the molecule is Nc1ncc(-c2cccc(Cl)c2)c(-c2c[nH]c(N3CCOCC3)c2)n1. The van der Waals surface area contributed by atoms with Crippen molar-refractivity contribution in [2.45, 2.75) is 0 Å². The molecule has 0 aliphatic carbocycles. The van der Waals surface area contributed by atoms with Crippen molar-refractivity contribution in [1.29, 1.82) is 0 Å². The zero-order valence-corrected chi connectivity index (χ0v) is 14.3. The maximum Gasteiger partial charge on any atom is 0.220 e. The molecular weight excluding hydrogens is 338 g/mol. The van der Waals surface area contributed by atoms with Gasteiger partial charge >= 0.3 is 0 Å². The van der Waals surface area contributed by atoms with E-state index in [1.165, 1.54) is 0 Å². The minimum Gasteiger partial charge on any atom is -0.378 e. The molecule has 0 spiro atoms. The molecule has 1 fully saturated rings. The van der Waals surface area contributed by atoms with Gasteiger partial charge in [0.2, 0.25) is 5.95 Å².